The molecule has 4 nitrogen and oxygen atoms in total. The first-order valence-electron chi connectivity index (χ1n) is 8.79. The van der Waals surface area contributed by atoms with Crippen LogP contribution in [0.25, 0.3) is 0 Å². The summed E-state index contributed by atoms with van der Waals surface area (Å²) < 4.78 is 6.65. The minimum Gasteiger partial charge on any atom is -0.481 e. The zero-order valence-electron chi connectivity index (χ0n) is 14.4. The largest absolute Gasteiger partial charge is 0.481 e. The van der Waals surface area contributed by atoms with E-state index < -0.39 is 6.10 Å². The fraction of sp³-hybridized carbons (Fsp3) is 0.474. The Labute approximate surface area is 161 Å². The number of halogens is 1. The zero-order chi connectivity index (χ0) is 17.6. The first-order chi connectivity index (χ1) is 12.1. The Morgan fingerprint density at radius 2 is 2.08 bits per heavy atom. The average Bonchev–Trinajstić information content (AvgIpc) is 3.03. The normalized spacial score (nSPS) is 14.6. The van der Waals surface area contributed by atoms with Crippen molar-refractivity contribution < 1.29 is 9.53 Å². The molecule has 0 aliphatic heterocycles. The van der Waals surface area contributed by atoms with Crippen molar-refractivity contribution in [1.82, 2.24) is 10.3 Å². The third-order valence-electron chi connectivity index (χ3n) is 4.25. The second kappa shape index (κ2) is 8.81. The van der Waals surface area contributed by atoms with Crippen LogP contribution >= 0.6 is 27.3 Å². The van der Waals surface area contributed by atoms with Crippen molar-refractivity contribution in [3.63, 3.8) is 0 Å². The first-order valence-corrected chi connectivity index (χ1v) is 10.4. The Morgan fingerprint density at radius 1 is 1.32 bits per heavy atom. The highest BCUT2D eigenvalue weighted by Crippen LogP contribution is 2.27. The van der Waals surface area contributed by atoms with E-state index in [1.165, 1.54) is 34.8 Å². The zero-order valence-corrected chi connectivity index (χ0v) is 16.8. The van der Waals surface area contributed by atoms with Gasteiger partial charge in [-0.15, -0.1) is 11.3 Å². The molecule has 2 aromatic rings. The van der Waals surface area contributed by atoms with Crippen molar-refractivity contribution in [2.24, 2.45) is 0 Å². The van der Waals surface area contributed by atoms with Crippen LogP contribution in [0.5, 0.6) is 5.75 Å². The molecule has 0 saturated carbocycles. The number of fused-ring (bicyclic) bond motifs is 1. The summed E-state index contributed by atoms with van der Waals surface area (Å²) in [6.07, 6.45) is 6.21. The number of rotatable bonds is 7. The Bertz CT molecular complexity index is 691. The molecule has 0 spiro atoms. The van der Waals surface area contributed by atoms with Crippen LogP contribution in [0, 0.1) is 0 Å². The summed E-state index contributed by atoms with van der Waals surface area (Å²) in [4.78, 5) is 18.3. The van der Waals surface area contributed by atoms with Crippen LogP contribution in [0.1, 0.15) is 41.8 Å². The van der Waals surface area contributed by atoms with Crippen LogP contribution in [-0.4, -0.2) is 23.5 Å². The molecule has 0 saturated heterocycles. The van der Waals surface area contributed by atoms with Crippen LogP contribution in [0.3, 0.4) is 0 Å². The van der Waals surface area contributed by atoms with Crippen molar-refractivity contribution in [2.75, 3.05) is 6.54 Å². The Kier molecular flexibility index (Phi) is 6.48. The third-order valence-corrected chi connectivity index (χ3v) is 6.00. The highest BCUT2D eigenvalue weighted by Gasteiger charge is 2.16. The van der Waals surface area contributed by atoms with Crippen molar-refractivity contribution >= 4 is 33.2 Å². The van der Waals surface area contributed by atoms with Gasteiger partial charge in [0.15, 0.2) is 6.10 Å². The number of aromatic nitrogens is 1. The molecule has 1 N–H and O–H groups in total. The quantitative estimate of drug-likeness (QED) is 0.676. The molecule has 0 bridgehead atoms. The minimum absolute atomic E-state index is 0.0821. The van der Waals surface area contributed by atoms with Crippen molar-refractivity contribution in [3.8, 4) is 5.75 Å². The Balaban J connectivity index is 1.38. The van der Waals surface area contributed by atoms with Crippen LogP contribution in [0.4, 0.5) is 0 Å². The lowest BCUT2D eigenvalue weighted by atomic mass is 10.0. The molecule has 3 rings (SSSR count). The smallest absolute Gasteiger partial charge is 0.260 e. The lowest BCUT2D eigenvalue weighted by Gasteiger charge is -2.14. The molecule has 134 valence electrons. The second-order valence-corrected chi connectivity index (χ2v) is 8.38. The number of nitrogens with zero attached hydrogens (tertiary/aromatic N) is 1. The van der Waals surface area contributed by atoms with E-state index >= 15 is 0 Å². The molecule has 1 aromatic heterocycles. The van der Waals surface area contributed by atoms with Gasteiger partial charge in [0, 0.05) is 22.3 Å². The summed E-state index contributed by atoms with van der Waals surface area (Å²) in [6, 6.07) is 7.48. The van der Waals surface area contributed by atoms with E-state index in [4.69, 9.17) is 9.72 Å². The Hall–Kier alpha value is -1.40. The van der Waals surface area contributed by atoms with Crippen molar-refractivity contribution in [2.45, 2.75) is 51.6 Å². The van der Waals surface area contributed by atoms with E-state index in [-0.39, 0.29) is 5.91 Å². The lowest BCUT2D eigenvalue weighted by molar-refractivity contribution is -0.127. The summed E-state index contributed by atoms with van der Waals surface area (Å²) in [5.41, 5.74) is 1.31. The fourth-order valence-electron chi connectivity index (χ4n) is 2.88. The maximum absolute atomic E-state index is 12.1. The SMILES string of the molecule is CC(Oc1ccc(Br)cc1)C(=O)NCCCc1nc2c(s1)CCCC2. The van der Waals surface area contributed by atoms with Crippen molar-refractivity contribution in [3.05, 3.63) is 44.3 Å². The van der Waals surface area contributed by atoms with Gasteiger partial charge in [0.1, 0.15) is 5.75 Å². The summed E-state index contributed by atoms with van der Waals surface area (Å²) in [5, 5.41) is 4.16. The molecular weight excluding hydrogens is 400 g/mol. The first kappa shape index (κ1) is 18.4. The van der Waals surface area contributed by atoms with Gasteiger partial charge in [-0.05, 0) is 63.3 Å². The lowest BCUT2D eigenvalue weighted by Crippen LogP contribution is -2.36. The third kappa shape index (κ3) is 5.28. The number of hydrogen-bond acceptors (Lipinski definition) is 4. The number of carbonyl (C=O) groups excluding carboxylic acids is 1. The van der Waals surface area contributed by atoms with Gasteiger partial charge in [-0.25, -0.2) is 4.98 Å². The van der Waals surface area contributed by atoms with E-state index in [9.17, 15) is 4.79 Å². The predicted molar refractivity (Wildman–Crippen MR) is 104 cm³/mol. The van der Waals surface area contributed by atoms with E-state index in [1.54, 1.807) is 6.92 Å². The molecule has 1 amide bonds. The molecule has 1 aromatic carbocycles. The summed E-state index contributed by atoms with van der Waals surface area (Å²) in [7, 11) is 0. The van der Waals surface area contributed by atoms with E-state index in [0.29, 0.717) is 12.3 Å². The number of carbonyl (C=O) groups is 1. The standard InChI is InChI=1S/C19H23BrN2O2S/c1-13(24-15-10-8-14(20)9-11-15)19(23)21-12-4-7-18-22-16-5-2-3-6-17(16)25-18/h8-11,13H,2-7,12H2,1H3,(H,21,23). The fourth-order valence-corrected chi connectivity index (χ4v) is 4.34. The number of thiazole rings is 1. The molecule has 1 aliphatic carbocycles. The summed E-state index contributed by atoms with van der Waals surface area (Å²) in [6.45, 7) is 2.42. The Morgan fingerprint density at radius 3 is 2.84 bits per heavy atom. The second-order valence-electron chi connectivity index (χ2n) is 6.29. The van der Waals surface area contributed by atoms with Gasteiger partial charge in [-0.1, -0.05) is 15.9 Å². The highest BCUT2D eigenvalue weighted by molar-refractivity contribution is 9.10. The van der Waals surface area contributed by atoms with Crippen LogP contribution in [0.2, 0.25) is 0 Å². The summed E-state index contributed by atoms with van der Waals surface area (Å²) >= 11 is 5.23. The molecule has 6 heteroatoms. The molecular formula is C19H23BrN2O2S. The van der Waals surface area contributed by atoms with Gasteiger partial charge in [0.05, 0.1) is 10.7 Å². The molecule has 1 aliphatic rings. The number of aryl methyl sites for hydroxylation is 3. The number of amides is 1. The van der Waals surface area contributed by atoms with Gasteiger partial charge >= 0.3 is 0 Å². The molecule has 1 heterocycles. The highest BCUT2D eigenvalue weighted by atomic mass is 79.9. The molecule has 0 radical (unpaired) electrons. The van der Waals surface area contributed by atoms with Gasteiger partial charge < -0.3 is 10.1 Å². The molecule has 1 atom stereocenters. The molecule has 25 heavy (non-hydrogen) atoms. The van der Waals surface area contributed by atoms with Gasteiger partial charge in [-0.2, -0.15) is 0 Å². The van der Waals surface area contributed by atoms with Gasteiger partial charge in [-0.3, -0.25) is 4.79 Å². The van der Waals surface area contributed by atoms with E-state index in [1.807, 2.05) is 35.6 Å². The maximum atomic E-state index is 12.1. The monoisotopic (exact) mass is 422 g/mol. The topological polar surface area (TPSA) is 51.2 Å². The summed E-state index contributed by atoms with van der Waals surface area (Å²) in [5.74, 6) is 0.612. The number of ether oxygens (including phenoxy) is 1. The molecule has 1 unspecified atom stereocenters. The van der Waals surface area contributed by atoms with Crippen LogP contribution in [0.15, 0.2) is 28.7 Å². The van der Waals surface area contributed by atoms with E-state index in [0.717, 1.165) is 23.7 Å². The molecule has 0 fully saturated rings. The number of benzene rings is 1. The van der Waals surface area contributed by atoms with Crippen LogP contribution < -0.4 is 10.1 Å². The van der Waals surface area contributed by atoms with Crippen molar-refractivity contribution in [1.29, 1.82) is 0 Å². The average molecular weight is 423 g/mol. The minimum atomic E-state index is -0.506. The van der Waals surface area contributed by atoms with E-state index in [2.05, 4.69) is 21.2 Å². The maximum Gasteiger partial charge on any atom is 0.260 e. The number of nitrogens with one attached hydrogen (secondary N) is 1. The van der Waals surface area contributed by atoms with Gasteiger partial charge in [0.2, 0.25) is 0 Å². The predicted octanol–water partition coefficient (Wildman–Crippen LogP) is 4.30. The number of hydrogen-bond donors (Lipinski definition) is 1. The van der Waals surface area contributed by atoms with Crippen LogP contribution in [-0.2, 0) is 24.1 Å². The van der Waals surface area contributed by atoms with Gasteiger partial charge in [0.25, 0.3) is 5.91 Å².